The summed E-state index contributed by atoms with van der Waals surface area (Å²) in [6.07, 6.45) is 3.38. The van der Waals surface area contributed by atoms with E-state index >= 15 is 0 Å². The summed E-state index contributed by atoms with van der Waals surface area (Å²) in [6, 6.07) is 22.2. The van der Waals surface area contributed by atoms with Crippen LogP contribution in [0.2, 0.25) is 0 Å². The van der Waals surface area contributed by atoms with E-state index in [-0.39, 0.29) is 16.2 Å². The van der Waals surface area contributed by atoms with Gasteiger partial charge in [-0.15, -0.1) is 0 Å². The van der Waals surface area contributed by atoms with Gasteiger partial charge in [-0.25, -0.2) is 18.1 Å². The Morgan fingerprint density at radius 3 is 2.33 bits per heavy atom. The molecule has 0 spiro atoms. The van der Waals surface area contributed by atoms with Crippen molar-refractivity contribution in [1.29, 1.82) is 4.78 Å². The number of carboxylic acids is 1. The van der Waals surface area contributed by atoms with Gasteiger partial charge in [-0.3, -0.25) is 0 Å². The molecule has 3 aromatic carbocycles. The summed E-state index contributed by atoms with van der Waals surface area (Å²) >= 11 is 0. The van der Waals surface area contributed by atoms with Crippen LogP contribution < -0.4 is 10.1 Å². The second-order valence-corrected chi connectivity index (χ2v) is 11.0. The van der Waals surface area contributed by atoms with Crippen molar-refractivity contribution in [3.8, 4) is 11.5 Å². The van der Waals surface area contributed by atoms with Crippen LogP contribution in [0.5, 0.6) is 11.5 Å². The first-order chi connectivity index (χ1) is 17.4. The quantitative estimate of drug-likeness (QED) is 0.269. The van der Waals surface area contributed by atoms with Crippen molar-refractivity contribution < 1.29 is 18.8 Å². The summed E-state index contributed by atoms with van der Waals surface area (Å²) in [4.78, 5) is 12.1. The Morgan fingerprint density at radius 1 is 1.08 bits per heavy atom. The summed E-state index contributed by atoms with van der Waals surface area (Å²) < 4.78 is 31.0. The average Bonchev–Trinajstić information content (AvgIpc) is 2.90. The highest BCUT2D eigenvalue weighted by Crippen LogP contribution is 2.40. The number of piperidine rings is 1. The predicted molar refractivity (Wildman–Crippen MR) is 142 cm³/mol. The lowest BCUT2D eigenvalue weighted by Gasteiger charge is -2.33. The van der Waals surface area contributed by atoms with Gasteiger partial charge < -0.3 is 15.2 Å². The SMILES string of the molecule is CCCCNc1cc(C(=O)O)cc(S(=N)(=O)N2CCC(c3ccccc3)CC2)c1Oc1ccccc1. The zero-order valence-corrected chi connectivity index (χ0v) is 21.3. The zero-order chi connectivity index (χ0) is 25.5. The number of carboxylic acid groups (broad SMARTS) is 1. The van der Waals surface area contributed by atoms with Crippen molar-refractivity contribution >= 4 is 21.6 Å². The van der Waals surface area contributed by atoms with Gasteiger partial charge in [0.15, 0.2) is 5.75 Å². The molecule has 1 aliphatic rings. The Hall–Kier alpha value is -3.36. The van der Waals surface area contributed by atoms with E-state index in [1.165, 1.54) is 17.7 Å². The maximum atomic E-state index is 14.1. The van der Waals surface area contributed by atoms with Gasteiger partial charge in [-0.05, 0) is 55.0 Å². The third kappa shape index (κ3) is 5.88. The Balaban J connectivity index is 1.71. The molecule has 1 heterocycles. The van der Waals surface area contributed by atoms with E-state index in [1.54, 1.807) is 16.4 Å². The number of unbranched alkanes of at least 4 members (excludes halogenated alkanes) is 1. The molecule has 1 unspecified atom stereocenters. The Bertz CT molecular complexity index is 1270. The molecule has 0 amide bonds. The van der Waals surface area contributed by atoms with Gasteiger partial charge in [-0.2, -0.15) is 0 Å². The molecular formula is C28H33N3O4S. The van der Waals surface area contributed by atoms with Crippen LogP contribution in [0.4, 0.5) is 5.69 Å². The molecule has 4 rings (SSSR count). The summed E-state index contributed by atoms with van der Waals surface area (Å²) in [5.41, 5.74) is 1.65. The highest BCUT2D eigenvalue weighted by molar-refractivity contribution is 7.90. The number of carbonyl (C=O) groups is 1. The van der Waals surface area contributed by atoms with Crippen LogP contribution in [0.15, 0.2) is 77.7 Å². The van der Waals surface area contributed by atoms with Crippen molar-refractivity contribution in [2.24, 2.45) is 0 Å². The molecule has 1 saturated heterocycles. The van der Waals surface area contributed by atoms with Crippen LogP contribution in [0, 0.1) is 4.78 Å². The Labute approximate surface area is 213 Å². The first-order valence-corrected chi connectivity index (χ1v) is 13.9. The lowest BCUT2D eigenvalue weighted by Crippen LogP contribution is -2.37. The largest absolute Gasteiger partial charge is 0.478 e. The monoisotopic (exact) mass is 507 g/mol. The molecular weight excluding hydrogens is 474 g/mol. The second-order valence-electron chi connectivity index (χ2n) is 8.99. The molecule has 3 N–H and O–H groups in total. The smallest absolute Gasteiger partial charge is 0.335 e. The fourth-order valence-electron chi connectivity index (χ4n) is 4.48. The minimum Gasteiger partial charge on any atom is -0.478 e. The Morgan fingerprint density at radius 2 is 1.72 bits per heavy atom. The minimum atomic E-state index is -3.52. The van der Waals surface area contributed by atoms with Crippen molar-refractivity contribution in [3.63, 3.8) is 0 Å². The molecule has 8 heteroatoms. The minimum absolute atomic E-state index is 0.0245. The molecule has 0 radical (unpaired) electrons. The van der Waals surface area contributed by atoms with Gasteiger partial charge in [0.2, 0.25) is 0 Å². The fourth-order valence-corrected chi connectivity index (χ4v) is 6.18. The Kier molecular flexibility index (Phi) is 8.28. The van der Waals surface area contributed by atoms with Crippen LogP contribution in [0.25, 0.3) is 0 Å². The van der Waals surface area contributed by atoms with E-state index in [1.807, 2.05) is 36.4 Å². The first-order valence-electron chi connectivity index (χ1n) is 12.4. The van der Waals surface area contributed by atoms with Gasteiger partial charge in [-0.1, -0.05) is 61.9 Å². The van der Waals surface area contributed by atoms with Gasteiger partial charge in [0.05, 0.1) is 11.3 Å². The van der Waals surface area contributed by atoms with Crippen LogP contribution >= 0.6 is 0 Å². The molecule has 0 aliphatic carbocycles. The summed E-state index contributed by atoms with van der Waals surface area (Å²) in [5, 5.41) is 13.0. The van der Waals surface area contributed by atoms with E-state index in [2.05, 4.69) is 24.4 Å². The standard InChI is InChI=1S/C28H33N3O4S/c1-2-3-16-30-25-19-23(28(32)33)20-26(27(25)35-24-12-8-5-9-13-24)36(29,34)31-17-14-22(15-18-31)21-10-6-4-7-11-21/h4-13,19-20,22,29-30H,2-3,14-18H2,1H3,(H,32,33). The maximum absolute atomic E-state index is 14.1. The number of para-hydroxylation sites is 1. The number of aromatic carboxylic acids is 1. The molecule has 36 heavy (non-hydrogen) atoms. The third-order valence-electron chi connectivity index (χ3n) is 6.50. The predicted octanol–water partition coefficient (Wildman–Crippen LogP) is 6.59. The van der Waals surface area contributed by atoms with Crippen LogP contribution in [-0.2, 0) is 9.92 Å². The highest BCUT2D eigenvalue weighted by atomic mass is 32.2. The summed E-state index contributed by atoms with van der Waals surface area (Å²) in [6.45, 7) is 3.62. The summed E-state index contributed by atoms with van der Waals surface area (Å²) in [5.74, 6) is -0.0285. The van der Waals surface area contributed by atoms with E-state index < -0.39 is 15.9 Å². The number of nitrogens with one attached hydrogen (secondary N) is 2. The van der Waals surface area contributed by atoms with Gasteiger partial charge in [0.1, 0.15) is 20.6 Å². The van der Waals surface area contributed by atoms with Crippen molar-refractivity contribution in [1.82, 2.24) is 4.31 Å². The number of rotatable bonds is 10. The van der Waals surface area contributed by atoms with E-state index in [0.717, 1.165) is 25.7 Å². The maximum Gasteiger partial charge on any atom is 0.335 e. The van der Waals surface area contributed by atoms with Crippen LogP contribution in [0.3, 0.4) is 0 Å². The van der Waals surface area contributed by atoms with Crippen LogP contribution in [-0.4, -0.2) is 39.2 Å². The molecule has 3 aromatic rings. The number of nitrogens with zero attached hydrogens (tertiary/aromatic N) is 1. The topological polar surface area (TPSA) is 103 Å². The number of hydrogen-bond donors (Lipinski definition) is 3. The molecule has 1 atom stereocenters. The number of ether oxygens (including phenoxy) is 1. The normalized spacial score (nSPS) is 16.2. The molecule has 1 aliphatic heterocycles. The lowest BCUT2D eigenvalue weighted by atomic mass is 9.90. The lowest BCUT2D eigenvalue weighted by molar-refractivity contribution is 0.0696. The molecule has 0 aromatic heterocycles. The van der Waals surface area contributed by atoms with Crippen molar-refractivity contribution in [2.45, 2.75) is 43.4 Å². The number of anilines is 1. The van der Waals surface area contributed by atoms with Crippen LogP contribution in [0.1, 0.15) is 54.4 Å². The summed E-state index contributed by atoms with van der Waals surface area (Å²) in [7, 11) is -3.52. The first kappa shape index (κ1) is 25.7. The molecule has 7 nitrogen and oxygen atoms in total. The average molecular weight is 508 g/mol. The van der Waals surface area contributed by atoms with Gasteiger partial charge in [0.25, 0.3) is 0 Å². The van der Waals surface area contributed by atoms with Gasteiger partial charge >= 0.3 is 5.97 Å². The third-order valence-corrected chi connectivity index (χ3v) is 8.49. The fraction of sp³-hybridized carbons (Fsp3) is 0.321. The van der Waals surface area contributed by atoms with Gasteiger partial charge in [0, 0.05) is 19.6 Å². The van der Waals surface area contributed by atoms with E-state index in [9.17, 15) is 14.1 Å². The molecule has 0 saturated carbocycles. The van der Waals surface area contributed by atoms with Crippen molar-refractivity contribution in [3.05, 3.63) is 83.9 Å². The molecule has 190 valence electrons. The zero-order valence-electron chi connectivity index (χ0n) is 20.5. The van der Waals surface area contributed by atoms with Crippen molar-refractivity contribution in [2.75, 3.05) is 25.0 Å². The molecule has 0 bridgehead atoms. The van der Waals surface area contributed by atoms with E-state index in [4.69, 9.17) is 9.52 Å². The number of hydrogen-bond acceptors (Lipinski definition) is 5. The highest BCUT2D eigenvalue weighted by Gasteiger charge is 2.32. The molecule has 1 fully saturated rings. The number of benzene rings is 3. The van der Waals surface area contributed by atoms with E-state index in [0.29, 0.717) is 37.0 Å². The second kappa shape index (κ2) is 11.6.